The number of nitrogens with one attached hydrogen (secondary N) is 2. The minimum atomic E-state index is -0.303. The second kappa shape index (κ2) is 9.07. The average molecular weight is 296 g/mol. The van der Waals surface area contributed by atoms with Gasteiger partial charge in [0.25, 0.3) is 0 Å². The summed E-state index contributed by atoms with van der Waals surface area (Å²) in [5.74, 6) is 1.10. The second-order valence-corrected chi connectivity index (χ2v) is 4.69. The summed E-state index contributed by atoms with van der Waals surface area (Å²) in [5, 5.41) is 5.51. The van der Waals surface area contributed by atoms with Crippen LogP contribution in [0.4, 0.5) is 10.5 Å². The van der Waals surface area contributed by atoms with E-state index in [1.165, 1.54) is 0 Å². The Labute approximate surface area is 125 Å². The van der Waals surface area contributed by atoms with Gasteiger partial charge in [-0.15, -0.1) is 0 Å². The van der Waals surface area contributed by atoms with Gasteiger partial charge in [0.2, 0.25) is 0 Å². The third kappa shape index (κ3) is 5.91. The summed E-state index contributed by atoms with van der Waals surface area (Å²) in [5.41, 5.74) is 0.512. The predicted octanol–water partition coefficient (Wildman–Crippen LogP) is 2.64. The fourth-order valence-electron chi connectivity index (χ4n) is 1.73. The minimum absolute atomic E-state index is 0.205. The first-order valence-corrected chi connectivity index (χ1v) is 6.96. The van der Waals surface area contributed by atoms with Gasteiger partial charge >= 0.3 is 6.03 Å². The smallest absolute Gasteiger partial charge is 0.319 e. The van der Waals surface area contributed by atoms with Crippen molar-refractivity contribution in [3.8, 4) is 11.5 Å². The van der Waals surface area contributed by atoms with E-state index >= 15 is 0 Å². The van der Waals surface area contributed by atoms with Gasteiger partial charge in [-0.25, -0.2) is 4.79 Å². The lowest BCUT2D eigenvalue weighted by molar-refractivity contribution is 0.0775. The molecule has 1 rings (SSSR count). The molecule has 0 atom stereocenters. The van der Waals surface area contributed by atoms with Gasteiger partial charge in [-0.3, -0.25) is 0 Å². The van der Waals surface area contributed by atoms with Crippen LogP contribution in [0.15, 0.2) is 18.2 Å². The fourth-order valence-corrected chi connectivity index (χ4v) is 1.73. The lowest BCUT2D eigenvalue weighted by atomic mass is 10.2. The zero-order valence-electron chi connectivity index (χ0n) is 13.1. The summed E-state index contributed by atoms with van der Waals surface area (Å²) in [4.78, 5) is 11.9. The summed E-state index contributed by atoms with van der Waals surface area (Å²) in [6.07, 6.45) is 0.964. The van der Waals surface area contributed by atoms with Gasteiger partial charge in [-0.2, -0.15) is 0 Å². The van der Waals surface area contributed by atoms with E-state index in [0.29, 0.717) is 30.3 Å². The second-order valence-electron chi connectivity index (χ2n) is 4.69. The molecule has 0 bridgehead atoms. The Morgan fingerprint density at radius 1 is 1.19 bits per heavy atom. The molecule has 0 aliphatic carbocycles. The lowest BCUT2D eigenvalue weighted by Gasteiger charge is -2.14. The number of para-hydroxylation sites is 1. The molecule has 2 N–H and O–H groups in total. The number of carbonyl (C=O) groups is 1. The number of anilines is 1. The summed E-state index contributed by atoms with van der Waals surface area (Å²) in [6.45, 7) is 5.12. The van der Waals surface area contributed by atoms with Crippen molar-refractivity contribution >= 4 is 11.7 Å². The van der Waals surface area contributed by atoms with Crippen molar-refractivity contribution in [3.63, 3.8) is 0 Å². The van der Waals surface area contributed by atoms with Crippen LogP contribution >= 0.6 is 0 Å². The van der Waals surface area contributed by atoms with E-state index in [4.69, 9.17) is 14.2 Å². The van der Waals surface area contributed by atoms with Crippen molar-refractivity contribution in [1.29, 1.82) is 0 Å². The van der Waals surface area contributed by atoms with Gasteiger partial charge in [0.15, 0.2) is 0 Å². The highest BCUT2D eigenvalue weighted by Gasteiger charge is 2.12. The van der Waals surface area contributed by atoms with E-state index < -0.39 is 0 Å². The van der Waals surface area contributed by atoms with Crippen molar-refractivity contribution in [2.45, 2.75) is 26.4 Å². The van der Waals surface area contributed by atoms with E-state index in [2.05, 4.69) is 10.6 Å². The Morgan fingerprint density at radius 3 is 2.33 bits per heavy atom. The number of hydrogen-bond donors (Lipinski definition) is 2. The molecule has 0 saturated carbocycles. The quantitative estimate of drug-likeness (QED) is 0.724. The van der Waals surface area contributed by atoms with Gasteiger partial charge in [-0.1, -0.05) is 6.07 Å². The van der Waals surface area contributed by atoms with E-state index in [1.807, 2.05) is 13.8 Å². The largest absolute Gasteiger partial charge is 0.494 e. The molecule has 0 saturated heterocycles. The molecule has 0 aliphatic heterocycles. The number of hydrogen-bond acceptors (Lipinski definition) is 4. The highest BCUT2D eigenvalue weighted by molar-refractivity contribution is 5.92. The van der Waals surface area contributed by atoms with Crippen LogP contribution in [0.25, 0.3) is 0 Å². The van der Waals surface area contributed by atoms with E-state index in [1.54, 1.807) is 32.4 Å². The topological polar surface area (TPSA) is 68.8 Å². The monoisotopic (exact) mass is 296 g/mol. The molecule has 118 valence electrons. The molecular weight excluding hydrogens is 272 g/mol. The van der Waals surface area contributed by atoms with Crippen molar-refractivity contribution in [2.75, 3.05) is 32.7 Å². The van der Waals surface area contributed by atoms with Crippen molar-refractivity contribution in [1.82, 2.24) is 5.32 Å². The van der Waals surface area contributed by atoms with Crippen LogP contribution in [0.3, 0.4) is 0 Å². The van der Waals surface area contributed by atoms with Crippen LogP contribution < -0.4 is 20.1 Å². The Bertz CT molecular complexity index is 427. The molecule has 0 radical (unpaired) electrons. The maximum atomic E-state index is 11.9. The van der Waals surface area contributed by atoms with Gasteiger partial charge in [0.1, 0.15) is 17.2 Å². The number of urea groups is 1. The molecule has 21 heavy (non-hydrogen) atoms. The molecule has 2 amide bonds. The maximum Gasteiger partial charge on any atom is 0.319 e. The highest BCUT2D eigenvalue weighted by atomic mass is 16.5. The predicted molar refractivity (Wildman–Crippen MR) is 82.3 cm³/mol. The summed E-state index contributed by atoms with van der Waals surface area (Å²) >= 11 is 0. The number of ether oxygens (including phenoxy) is 3. The first kappa shape index (κ1) is 17.1. The lowest BCUT2D eigenvalue weighted by Crippen LogP contribution is -2.30. The number of benzene rings is 1. The molecule has 0 fully saturated rings. The van der Waals surface area contributed by atoms with E-state index in [9.17, 15) is 4.79 Å². The summed E-state index contributed by atoms with van der Waals surface area (Å²) in [7, 11) is 3.09. The van der Waals surface area contributed by atoms with Crippen LogP contribution in [0.2, 0.25) is 0 Å². The van der Waals surface area contributed by atoms with Crippen LogP contribution in [0.1, 0.15) is 20.3 Å². The normalized spacial score (nSPS) is 10.3. The molecule has 0 heterocycles. The molecular formula is C15H24N2O4. The Balaban J connectivity index is 2.47. The maximum absolute atomic E-state index is 11.9. The van der Waals surface area contributed by atoms with Crippen molar-refractivity contribution < 1.29 is 19.0 Å². The van der Waals surface area contributed by atoms with Crippen LogP contribution in [0, 0.1) is 0 Å². The zero-order chi connectivity index (χ0) is 15.7. The van der Waals surface area contributed by atoms with Gasteiger partial charge < -0.3 is 24.8 Å². The number of carbonyl (C=O) groups excluding carboxylic acids is 1. The highest BCUT2D eigenvalue weighted by Crippen LogP contribution is 2.33. The molecule has 0 unspecified atom stereocenters. The number of methoxy groups -OCH3 is 2. The fraction of sp³-hybridized carbons (Fsp3) is 0.533. The zero-order valence-corrected chi connectivity index (χ0v) is 13.1. The Kier molecular flexibility index (Phi) is 7.39. The molecule has 6 nitrogen and oxygen atoms in total. The molecule has 0 aliphatic rings. The summed E-state index contributed by atoms with van der Waals surface area (Å²) < 4.78 is 15.8. The standard InChI is InChI=1S/C15H24N2O4/c1-11(2)21-10-6-9-16-15(18)17-14-12(19-3)7-5-8-13(14)20-4/h5,7-8,11H,6,9-10H2,1-4H3,(H2,16,17,18). The third-order valence-electron chi connectivity index (χ3n) is 2.72. The van der Waals surface area contributed by atoms with Crippen molar-refractivity contribution in [3.05, 3.63) is 18.2 Å². The van der Waals surface area contributed by atoms with Crippen molar-refractivity contribution in [2.24, 2.45) is 0 Å². The molecule has 0 aromatic heterocycles. The average Bonchev–Trinajstić information content (AvgIpc) is 2.46. The van der Waals surface area contributed by atoms with Crippen LogP contribution in [-0.2, 0) is 4.74 Å². The minimum Gasteiger partial charge on any atom is -0.494 e. The van der Waals surface area contributed by atoms with E-state index in [0.717, 1.165) is 6.42 Å². The van der Waals surface area contributed by atoms with Gasteiger partial charge in [-0.05, 0) is 32.4 Å². The first-order valence-electron chi connectivity index (χ1n) is 6.96. The Morgan fingerprint density at radius 2 is 1.81 bits per heavy atom. The van der Waals surface area contributed by atoms with Crippen LogP contribution in [0.5, 0.6) is 11.5 Å². The number of amides is 2. The molecule has 6 heteroatoms. The summed E-state index contributed by atoms with van der Waals surface area (Å²) in [6, 6.07) is 5.01. The Hall–Kier alpha value is -1.95. The van der Waals surface area contributed by atoms with E-state index in [-0.39, 0.29) is 12.1 Å². The molecule has 0 spiro atoms. The SMILES string of the molecule is COc1cccc(OC)c1NC(=O)NCCCOC(C)C. The van der Waals surface area contributed by atoms with Crippen LogP contribution in [-0.4, -0.2) is 39.5 Å². The van der Waals surface area contributed by atoms with Gasteiger partial charge in [0.05, 0.1) is 20.3 Å². The first-order chi connectivity index (χ1) is 10.1. The van der Waals surface area contributed by atoms with Gasteiger partial charge in [0, 0.05) is 13.2 Å². The number of rotatable bonds is 8. The molecule has 1 aromatic carbocycles. The third-order valence-corrected chi connectivity index (χ3v) is 2.72. The molecule has 1 aromatic rings.